The number of rotatable bonds is 5. The van der Waals surface area contributed by atoms with Crippen LogP contribution in [0.5, 0.6) is 17.2 Å². The minimum atomic E-state index is -0.0186. The summed E-state index contributed by atoms with van der Waals surface area (Å²) in [6.07, 6.45) is 8.09. The average molecular weight is 468 g/mol. The highest BCUT2D eigenvalue weighted by molar-refractivity contribution is 5.93. The summed E-state index contributed by atoms with van der Waals surface area (Å²) in [6.45, 7) is 2.66. The Bertz CT molecular complexity index is 1410. The largest absolute Gasteiger partial charge is 0.493 e. The number of nitrogens with zero attached hydrogens (tertiary/aromatic N) is 3. The number of fused-ring (bicyclic) bond motifs is 2. The molecule has 8 heteroatoms. The molecule has 1 unspecified atom stereocenters. The molecule has 0 saturated carbocycles. The summed E-state index contributed by atoms with van der Waals surface area (Å²) in [5.74, 6) is 3.88. The smallest absolute Gasteiger partial charge is 0.225 e. The lowest BCUT2D eigenvalue weighted by atomic mass is 9.96. The number of aromatic nitrogens is 4. The van der Waals surface area contributed by atoms with Crippen molar-refractivity contribution >= 4 is 11.7 Å². The van der Waals surface area contributed by atoms with Crippen molar-refractivity contribution in [3.8, 4) is 28.5 Å². The van der Waals surface area contributed by atoms with Crippen LogP contribution in [0.1, 0.15) is 41.9 Å². The van der Waals surface area contributed by atoms with Gasteiger partial charge in [-0.15, -0.1) is 0 Å². The maximum absolute atomic E-state index is 11.7. The van der Waals surface area contributed by atoms with E-state index in [4.69, 9.17) is 9.47 Å². The quantitative estimate of drug-likeness (QED) is 0.436. The molecule has 1 atom stereocenters. The lowest BCUT2D eigenvalue weighted by Crippen LogP contribution is -2.20. The average Bonchev–Trinajstić information content (AvgIpc) is 3.39. The van der Waals surface area contributed by atoms with Crippen LogP contribution in [-0.4, -0.2) is 32.4 Å². The number of carbonyl (C=O) groups excluding carboxylic acids is 1. The van der Waals surface area contributed by atoms with Crippen molar-refractivity contribution in [2.45, 2.75) is 38.5 Å². The Balaban J connectivity index is 1.22. The second-order valence-corrected chi connectivity index (χ2v) is 8.84. The van der Waals surface area contributed by atoms with Gasteiger partial charge in [-0.2, -0.15) is 0 Å². The normalized spacial score (nSPS) is 16.6. The van der Waals surface area contributed by atoms with Crippen LogP contribution in [0.25, 0.3) is 11.3 Å². The summed E-state index contributed by atoms with van der Waals surface area (Å²) in [7, 11) is 0. The summed E-state index contributed by atoms with van der Waals surface area (Å²) in [6, 6.07) is 11.8. The number of pyridine rings is 2. The molecule has 176 valence electrons. The number of imidazole rings is 1. The monoisotopic (exact) mass is 467 g/mol. The molecule has 5 heterocycles. The summed E-state index contributed by atoms with van der Waals surface area (Å²) in [5.41, 5.74) is 5.11. The van der Waals surface area contributed by atoms with Gasteiger partial charge in [-0.25, -0.2) is 9.97 Å². The molecule has 2 aliphatic rings. The van der Waals surface area contributed by atoms with Crippen molar-refractivity contribution in [3.05, 3.63) is 77.6 Å². The van der Waals surface area contributed by atoms with Crippen LogP contribution in [0, 0.1) is 0 Å². The Morgan fingerprint density at radius 2 is 2.00 bits per heavy atom. The first-order valence-electron chi connectivity index (χ1n) is 11.9. The number of hydrogen-bond donors (Lipinski definition) is 2. The van der Waals surface area contributed by atoms with Crippen molar-refractivity contribution in [1.29, 1.82) is 0 Å². The van der Waals surface area contributed by atoms with Gasteiger partial charge in [-0.1, -0.05) is 6.92 Å². The van der Waals surface area contributed by atoms with Gasteiger partial charge >= 0.3 is 0 Å². The lowest BCUT2D eigenvalue weighted by Gasteiger charge is -2.25. The summed E-state index contributed by atoms with van der Waals surface area (Å²) in [5, 5.41) is 2.82. The molecule has 0 spiro atoms. The van der Waals surface area contributed by atoms with Gasteiger partial charge < -0.3 is 19.8 Å². The molecule has 0 radical (unpaired) electrons. The molecule has 0 bridgehead atoms. The third kappa shape index (κ3) is 4.23. The zero-order chi connectivity index (χ0) is 23.8. The number of H-pyrrole nitrogens is 1. The minimum absolute atomic E-state index is 0.0186. The van der Waals surface area contributed by atoms with Crippen LogP contribution in [0.4, 0.5) is 5.82 Å². The van der Waals surface area contributed by atoms with Gasteiger partial charge in [0.05, 0.1) is 24.4 Å². The van der Waals surface area contributed by atoms with Gasteiger partial charge in [0, 0.05) is 35.6 Å². The van der Waals surface area contributed by atoms with Crippen molar-refractivity contribution in [1.82, 2.24) is 19.9 Å². The van der Waals surface area contributed by atoms with Gasteiger partial charge in [0.1, 0.15) is 28.9 Å². The molecule has 2 aliphatic heterocycles. The van der Waals surface area contributed by atoms with E-state index < -0.39 is 0 Å². The highest BCUT2D eigenvalue weighted by atomic mass is 16.5. The Labute approximate surface area is 202 Å². The van der Waals surface area contributed by atoms with Crippen molar-refractivity contribution in [3.63, 3.8) is 0 Å². The SMILES string of the molecule is CCc1cc(-c2cnc(C3COc4ccc(Oc5ccnc6c5CCC(=O)N6)cc4C3)[nH]2)ccn1. The minimum Gasteiger partial charge on any atom is -0.493 e. The standard InChI is InChI=1S/C27H25N5O3/c1-2-19-12-16(7-9-28-19)22-14-30-26(31-22)18-11-17-13-20(3-5-23(17)34-15-18)35-24-8-10-29-27-21(24)4-6-25(33)32-27/h3,5,7-10,12-14,18H,2,4,6,11,15H2,1H3,(H,30,31)(H,29,32,33). The Hall–Kier alpha value is -4.20. The van der Waals surface area contributed by atoms with E-state index in [9.17, 15) is 4.79 Å². The second kappa shape index (κ2) is 8.87. The number of ether oxygens (including phenoxy) is 2. The van der Waals surface area contributed by atoms with Crippen LogP contribution in [0.15, 0.2) is 55.0 Å². The van der Waals surface area contributed by atoms with E-state index in [1.165, 1.54) is 0 Å². The van der Waals surface area contributed by atoms with Crippen LogP contribution in [0.2, 0.25) is 0 Å². The highest BCUT2D eigenvalue weighted by Crippen LogP contribution is 2.37. The fourth-order valence-electron chi connectivity index (χ4n) is 4.62. The number of aryl methyl sites for hydroxylation is 1. The molecule has 6 rings (SSSR count). The van der Waals surface area contributed by atoms with E-state index in [-0.39, 0.29) is 11.8 Å². The van der Waals surface area contributed by atoms with Gasteiger partial charge in [-0.05, 0) is 61.2 Å². The predicted molar refractivity (Wildman–Crippen MR) is 131 cm³/mol. The van der Waals surface area contributed by atoms with Gasteiger partial charge in [0.2, 0.25) is 5.91 Å². The lowest BCUT2D eigenvalue weighted by molar-refractivity contribution is -0.116. The van der Waals surface area contributed by atoms with Crippen molar-refractivity contribution in [2.75, 3.05) is 11.9 Å². The predicted octanol–water partition coefficient (Wildman–Crippen LogP) is 4.82. The van der Waals surface area contributed by atoms with E-state index >= 15 is 0 Å². The molecule has 1 aromatic carbocycles. The fourth-order valence-corrected chi connectivity index (χ4v) is 4.62. The molecule has 3 aromatic heterocycles. The van der Waals surface area contributed by atoms with E-state index in [1.807, 2.05) is 42.7 Å². The molecule has 0 aliphatic carbocycles. The topological polar surface area (TPSA) is 102 Å². The second-order valence-electron chi connectivity index (χ2n) is 8.84. The third-order valence-corrected chi connectivity index (χ3v) is 6.51. The maximum Gasteiger partial charge on any atom is 0.225 e. The first-order chi connectivity index (χ1) is 17.2. The summed E-state index contributed by atoms with van der Waals surface area (Å²) >= 11 is 0. The number of carbonyl (C=O) groups is 1. The first kappa shape index (κ1) is 21.3. The zero-order valence-electron chi connectivity index (χ0n) is 19.4. The Morgan fingerprint density at radius 1 is 1.09 bits per heavy atom. The van der Waals surface area contributed by atoms with Crippen LogP contribution in [0.3, 0.4) is 0 Å². The maximum atomic E-state index is 11.7. The zero-order valence-corrected chi connectivity index (χ0v) is 19.4. The van der Waals surface area contributed by atoms with Crippen molar-refractivity contribution < 1.29 is 14.3 Å². The molecular weight excluding hydrogens is 442 g/mol. The van der Waals surface area contributed by atoms with Gasteiger partial charge in [0.25, 0.3) is 0 Å². The molecule has 4 aromatic rings. The van der Waals surface area contributed by atoms with E-state index in [2.05, 4.69) is 38.2 Å². The summed E-state index contributed by atoms with van der Waals surface area (Å²) < 4.78 is 12.3. The summed E-state index contributed by atoms with van der Waals surface area (Å²) in [4.78, 5) is 28.5. The number of nitrogens with one attached hydrogen (secondary N) is 2. The van der Waals surface area contributed by atoms with Crippen molar-refractivity contribution in [2.24, 2.45) is 0 Å². The molecular formula is C27H25N5O3. The van der Waals surface area contributed by atoms with Gasteiger partial charge in [0.15, 0.2) is 0 Å². The molecule has 0 fully saturated rings. The number of hydrogen-bond acceptors (Lipinski definition) is 6. The van der Waals surface area contributed by atoms with E-state index in [0.717, 1.165) is 58.2 Å². The van der Waals surface area contributed by atoms with Crippen LogP contribution in [-0.2, 0) is 24.1 Å². The third-order valence-electron chi connectivity index (χ3n) is 6.51. The van der Waals surface area contributed by atoms with Crippen LogP contribution >= 0.6 is 0 Å². The Morgan fingerprint density at radius 3 is 2.91 bits per heavy atom. The van der Waals surface area contributed by atoms with Gasteiger partial charge in [-0.3, -0.25) is 9.78 Å². The number of benzene rings is 1. The number of amides is 1. The number of aromatic amines is 1. The van der Waals surface area contributed by atoms with E-state index in [1.54, 1.807) is 6.20 Å². The fraction of sp³-hybridized carbons (Fsp3) is 0.259. The van der Waals surface area contributed by atoms with Crippen LogP contribution < -0.4 is 14.8 Å². The number of anilines is 1. The molecule has 35 heavy (non-hydrogen) atoms. The van der Waals surface area contributed by atoms with E-state index in [0.29, 0.717) is 31.0 Å². The molecule has 2 N–H and O–H groups in total. The molecule has 0 saturated heterocycles. The molecule has 1 amide bonds. The first-order valence-corrected chi connectivity index (χ1v) is 11.9. The Kier molecular flexibility index (Phi) is 5.41. The highest BCUT2D eigenvalue weighted by Gasteiger charge is 2.25. The molecule has 8 nitrogen and oxygen atoms in total.